The molecule has 8 atom stereocenters. The second kappa shape index (κ2) is 40.4. The summed E-state index contributed by atoms with van der Waals surface area (Å²) in [6.45, 7) is 1.79. The van der Waals surface area contributed by atoms with E-state index in [2.05, 4.69) is 71.8 Å². The summed E-state index contributed by atoms with van der Waals surface area (Å²) < 4.78 is 56.6. The number of hydrogen-bond acceptors (Lipinski definition) is 16. The molecule has 0 aromatic carbocycles. The Hall–Kier alpha value is -4.88. The number of anilines is 1. The highest BCUT2D eigenvalue weighted by Gasteiger charge is 2.46. The predicted molar refractivity (Wildman–Crippen MR) is 290 cm³/mol. The summed E-state index contributed by atoms with van der Waals surface area (Å²) in [5, 5.41) is 31.0. The summed E-state index contributed by atoms with van der Waals surface area (Å²) in [6, 6.07) is 1.23. The van der Waals surface area contributed by atoms with Gasteiger partial charge in [-0.2, -0.15) is 9.29 Å². The maximum atomic E-state index is 12.9. The number of allylic oxidation sites excluding steroid dienone is 18. The van der Waals surface area contributed by atoms with E-state index in [-0.39, 0.29) is 18.7 Å². The Labute approximate surface area is 442 Å². The van der Waals surface area contributed by atoms with Gasteiger partial charge in [-0.1, -0.05) is 148 Å². The van der Waals surface area contributed by atoms with E-state index in [0.717, 1.165) is 49.3 Å². The molecule has 75 heavy (non-hydrogen) atoms. The number of nitrogen functional groups attached to an aromatic ring is 1. The molecule has 0 spiro atoms. The monoisotopic (exact) mass is 1090 g/mol. The number of rotatable bonds is 40. The Morgan fingerprint density at radius 3 is 1.92 bits per heavy atom. The first-order valence-corrected chi connectivity index (χ1v) is 28.6. The van der Waals surface area contributed by atoms with Crippen LogP contribution in [0.3, 0.4) is 0 Å². The van der Waals surface area contributed by atoms with Crippen molar-refractivity contribution in [2.75, 3.05) is 25.6 Å². The first-order chi connectivity index (χ1) is 36.1. The molecular weight excluding hydrogens is 1010 g/mol. The molecule has 0 saturated carbocycles. The van der Waals surface area contributed by atoms with Crippen molar-refractivity contribution in [2.24, 2.45) is 0 Å². The summed E-state index contributed by atoms with van der Waals surface area (Å²) in [6.07, 6.45) is 44.7. The maximum absolute atomic E-state index is 12.9. The average molecular weight is 1090 g/mol. The molecule has 0 aliphatic carbocycles. The number of hydrogen-bond donors (Lipinski definition) is 6. The zero-order valence-corrected chi connectivity index (χ0v) is 45.2. The van der Waals surface area contributed by atoms with Crippen LogP contribution in [0.25, 0.3) is 0 Å². The SMILES string of the molecule is CC/C=C\C/C=C\CC(O)/C=C/C=C\C/C=C\CCCC(=O)O[C@H](COC(=O)CC/C=C\C/C=C\C/C=C\C/C=C\C/C=C\CCCCC)COP(=O)(O)OP(=O)(O)OC[C@H]1O[C@@H](n2ccc(N)nc2=O)[C@H](O)[C@@H]1O. The van der Waals surface area contributed by atoms with Crippen LogP contribution in [0.5, 0.6) is 0 Å². The fourth-order valence-electron chi connectivity index (χ4n) is 6.65. The van der Waals surface area contributed by atoms with Crippen molar-refractivity contribution in [3.8, 4) is 0 Å². The molecule has 1 aromatic rings. The number of unbranched alkanes of at least 4 members (excludes halogenated alkanes) is 4. The Morgan fingerprint density at radius 2 is 1.29 bits per heavy atom. The van der Waals surface area contributed by atoms with Gasteiger partial charge in [-0.3, -0.25) is 23.2 Å². The molecule has 2 rings (SSSR count). The van der Waals surface area contributed by atoms with Crippen molar-refractivity contribution in [1.29, 1.82) is 0 Å². The van der Waals surface area contributed by atoms with Gasteiger partial charge < -0.3 is 45.1 Å². The van der Waals surface area contributed by atoms with Crippen LogP contribution in [0.1, 0.15) is 129 Å². The topological polar surface area (TPSA) is 286 Å². The normalized spacial score (nSPS) is 20.2. The predicted octanol–water partition coefficient (Wildman–Crippen LogP) is 9.74. The molecule has 1 aliphatic rings. The number of aliphatic hydroxyl groups excluding tert-OH is 3. The molecule has 1 fully saturated rings. The second-order valence-electron chi connectivity index (χ2n) is 17.1. The van der Waals surface area contributed by atoms with Crippen molar-refractivity contribution in [2.45, 2.75) is 160 Å². The molecule has 21 heteroatoms. The lowest BCUT2D eigenvalue weighted by Crippen LogP contribution is -2.36. The van der Waals surface area contributed by atoms with Gasteiger partial charge in [0.05, 0.1) is 19.3 Å². The van der Waals surface area contributed by atoms with Gasteiger partial charge in [0.25, 0.3) is 0 Å². The van der Waals surface area contributed by atoms with Gasteiger partial charge in [0.2, 0.25) is 0 Å². The van der Waals surface area contributed by atoms with Crippen LogP contribution in [-0.2, 0) is 46.3 Å². The van der Waals surface area contributed by atoms with Gasteiger partial charge in [-0.25, -0.2) is 13.9 Å². The van der Waals surface area contributed by atoms with E-state index in [1.807, 2.05) is 60.8 Å². The molecule has 2 heterocycles. The third kappa shape index (κ3) is 33.0. The maximum Gasteiger partial charge on any atom is 0.481 e. The zero-order valence-electron chi connectivity index (χ0n) is 43.4. The van der Waals surface area contributed by atoms with Gasteiger partial charge in [-0.05, 0) is 89.5 Å². The van der Waals surface area contributed by atoms with Crippen LogP contribution in [-0.4, -0.2) is 96.9 Å². The number of esters is 2. The van der Waals surface area contributed by atoms with Crippen LogP contribution in [0, 0.1) is 0 Å². The standard InChI is InChI=1S/C54H81N3O16P2/c1-3-5-7-9-11-12-13-14-15-16-17-18-19-20-21-22-26-30-34-38-49(59)68-42-46(71-50(60)39-35-31-27-24-23-25-29-33-37-45(58)36-32-28-10-8-6-4-2)43-69-74(64,65)73-75(66,67)70-44-47-51(61)52(62)53(72-47)57-41-40-48(55)56-54(57)63/h6,8,11-12,14-15,17-18,20-21,24-30,32-33,37,40-41,45-47,51-53,58,61-62H,3-5,7,9-10,13,16,19,22-23,31,34-36,38-39,42-44H2,1-2H3,(H,64,65)(H,66,67)(H2,55,56,63)/b8-6-,12-11-,15-14-,18-17-,21-20-,27-24-,29-25-,30-26-,32-28-,37-33+/t45?,46-,47-,51-,52-,53-/m1/s1. The van der Waals surface area contributed by atoms with Crippen LogP contribution >= 0.6 is 15.6 Å². The Bertz CT molecular complexity index is 2250. The quantitative estimate of drug-likeness (QED) is 0.0117. The summed E-state index contributed by atoms with van der Waals surface area (Å²) in [4.78, 5) is 61.9. The number of nitrogens with two attached hydrogens (primary N) is 1. The van der Waals surface area contributed by atoms with Gasteiger partial charge in [-0.15, -0.1) is 0 Å². The fourth-order valence-corrected chi connectivity index (χ4v) is 8.76. The molecule has 1 aromatic heterocycles. The van der Waals surface area contributed by atoms with Gasteiger partial charge in [0, 0.05) is 19.0 Å². The number of nitrogens with zero attached hydrogens (tertiary/aromatic N) is 2. The van der Waals surface area contributed by atoms with E-state index in [4.69, 9.17) is 29.0 Å². The van der Waals surface area contributed by atoms with E-state index in [1.165, 1.54) is 25.3 Å². The van der Waals surface area contributed by atoms with Crippen molar-refractivity contribution < 1.29 is 71.4 Å². The van der Waals surface area contributed by atoms with Gasteiger partial charge in [0.1, 0.15) is 30.7 Å². The third-order valence-electron chi connectivity index (χ3n) is 10.6. The number of phosphoric ester groups is 2. The minimum absolute atomic E-state index is 0.0289. The molecule has 0 amide bonds. The number of aromatic nitrogens is 2. The van der Waals surface area contributed by atoms with Gasteiger partial charge >= 0.3 is 33.3 Å². The number of carbonyl (C=O) groups is 2. The molecule has 7 N–H and O–H groups in total. The molecule has 0 radical (unpaired) electrons. The smallest absolute Gasteiger partial charge is 0.462 e. The van der Waals surface area contributed by atoms with Crippen LogP contribution in [0.15, 0.2) is 139 Å². The highest BCUT2D eigenvalue weighted by Crippen LogP contribution is 2.60. The summed E-state index contributed by atoms with van der Waals surface area (Å²) in [7, 11) is -10.9. The Morgan fingerprint density at radius 1 is 0.720 bits per heavy atom. The summed E-state index contributed by atoms with van der Waals surface area (Å²) in [5.41, 5.74) is 4.57. The second-order valence-corrected chi connectivity index (χ2v) is 20.2. The summed E-state index contributed by atoms with van der Waals surface area (Å²) >= 11 is 0. The first kappa shape index (κ1) is 66.2. The molecule has 3 unspecified atom stereocenters. The van der Waals surface area contributed by atoms with E-state index >= 15 is 0 Å². The number of aliphatic hydroxyl groups is 3. The highest BCUT2D eigenvalue weighted by molar-refractivity contribution is 7.61. The number of carbonyl (C=O) groups excluding carboxylic acids is 2. The minimum Gasteiger partial charge on any atom is -0.462 e. The lowest BCUT2D eigenvalue weighted by molar-refractivity contribution is -0.161. The largest absolute Gasteiger partial charge is 0.481 e. The summed E-state index contributed by atoms with van der Waals surface area (Å²) in [5.74, 6) is -1.53. The average Bonchev–Trinajstić information content (AvgIpc) is 3.64. The van der Waals surface area contributed by atoms with E-state index in [9.17, 15) is 48.6 Å². The van der Waals surface area contributed by atoms with Crippen molar-refractivity contribution in [3.05, 3.63) is 144 Å². The van der Waals surface area contributed by atoms with Crippen LogP contribution in [0.4, 0.5) is 5.82 Å². The number of ether oxygens (including phenoxy) is 3. The molecule has 1 aliphatic heterocycles. The zero-order chi connectivity index (χ0) is 55.0. The van der Waals surface area contributed by atoms with Crippen molar-refractivity contribution >= 4 is 33.4 Å². The lowest BCUT2D eigenvalue weighted by Gasteiger charge is -2.21. The molecule has 1 saturated heterocycles. The minimum atomic E-state index is -5.47. The fraction of sp³-hybridized carbons (Fsp3) is 0.519. The molecule has 418 valence electrons. The van der Waals surface area contributed by atoms with Crippen molar-refractivity contribution in [3.63, 3.8) is 0 Å². The molecular formula is C54H81N3O16P2. The van der Waals surface area contributed by atoms with E-state index in [0.29, 0.717) is 38.5 Å². The van der Waals surface area contributed by atoms with Gasteiger partial charge in [0.15, 0.2) is 12.3 Å². The first-order valence-electron chi connectivity index (χ1n) is 25.7. The number of phosphoric acid groups is 2. The third-order valence-corrected chi connectivity index (χ3v) is 13.2. The Kier molecular flexibility index (Phi) is 35.7. The molecule has 0 bridgehead atoms. The van der Waals surface area contributed by atoms with E-state index < -0.39 is 89.8 Å². The van der Waals surface area contributed by atoms with E-state index in [1.54, 1.807) is 12.2 Å². The molecule has 19 nitrogen and oxygen atoms in total. The van der Waals surface area contributed by atoms with Crippen LogP contribution in [0.2, 0.25) is 0 Å². The Balaban J connectivity index is 1.88. The highest BCUT2D eigenvalue weighted by atomic mass is 31.3. The van der Waals surface area contributed by atoms with Crippen molar-refractivity contribution in [1.82, 2.24) is 9.55 Å². The van der Waals surface area contributed by atoms with Crippen LogP contribution < -0.4 is 11.4 Å². The lowest BCUT2D eigenvalue weighted by atomic mass is 10.1.